The third-order valence-corrected chi connectivity index (χ3v) is 2.76. The molecule has 0 saturated carbocycles. The van der Waals surface area contributed by atoms with Gasteiger partial charge in [-0.05, 0) is 50.1 Å². The number of carbonyl (C=O) groups is 2. The molecule has 2 amide bonds. The highest BCUT2D eigenvalue weighted by Crippen LogP contribution is 2.09. The fraction of sp³-hybridized carbons (Fsp3) is 0.438. The summed E-state index contributed by atoms with van der Waals surface area (Å²) >= 11 is 0. The number of hydrogen-bond donors (Lipinski definition) is 2. The predicted octanol–water partition coefficient (Wildman–Crippen LogP) is 1.08. The molecule has 0 radical (unpaired) electrons. The van der Waals surface area contributed by atoms with Gasteiger partial charge in [0.1, 0.15) is 5.75 Å². The highest BCUT2D eigenvalue weighted by molar-refractivity contribution is 6.35. The lowest BCUT2D eigenvalue weighted by atomic mass is 10.2. The van der Waals surface area contributed by atoms with E-state index in [-0.39, 0.29) is 6.10 Å². The second-order valence-electron chi connectivity index (χ2n) is 5.00. The molecule has 1 aromatic carbocycles. The summed E-state index contributed by atoms with van der Waals surface area (Å²) in [6, 6.07) is 7.11. The molecule has 1 rings (SSSR count). The van der Waals surface area contributed by atoms with Gasteiger partial charge >= 0.3 is 11.8 Å². The first kappa shape index (κ1) is 18.6. The van der Waals surface area contributed by atoms with Crippen molar-refractivity contribution >= 4 is 18.0 Å². The van der Waals surface area contributed by atoms with Crippen molar-refractivity contribution in [3.05, 3.63) is 29.8 Å². The highest BCUT2D eigenvalue weighted by atomic mass is 16.5. The smallest absolute Gasteiger partial charge is 0.329 e. The van der Waals surface area contributed by atoms with Crippen molar-refractivity contribution < 1.29 is 19.1 Å². The predicted molar refractivity (Wildman–Crippen MR) is 87.4 cm³/mol. The van der Waals surface area contributed by atoms with Gasteiger partial charge in [0.15, 0.2) is 0 Å². The summed E-state index contributed by atoms with van der Waals surface area (Å²) in [4.78, 5) is 23.0. The Morgan fingerprint density at radius 1 is 1.22 bits per heavy atom. The van der Waals surface area contributed by atoms with Gasteiger partial charge < -0.3 is 14.8 Å². The average Bonchev–Trinajstić information content (AvgIpc) is 2.54. The van der Waals surface area contributed by atoms with E-state index < -0.39 is 11.8 Å². The van der Waals surface area contributed by atoms with Crippen LogP contribution < -0.4 is 15.5 Å². The molecule has 0 bridgehead atoms. The standard InChI is InChI=1S/C16H23N3O4/c1-12(2)23-10-4-9-17-15(20)16(21)19-18-11-13-5-7-14(22-3)8-6-13/h5-8,11-12H,4,9-10H2,1-3H3,(H,17,20)(H,19,21)/b18-11+. The first-order chi connectivity index (χ1) is 11.0. The number of ether oxygens (including phenoxy) is 2. The number of amides is 2. The van der Waals surface area contributed by atoms with Crippen molar-refractivity contribution in [1.82, 2.24) is 10.7 Å². The Bertz CT molecular complexity index is 527. The van der Waals surface area contributed by atoms with E-state index in [1.165, 1.54) is 6.21 Å². The van der Waals surface area contributed by atoms with E-state index in [2.05, 4.69) is 15.8 Å². The Morgan fingerprint density at radius 3 is 2.52 bits per heavy atom. The molecule has 7 nitrogen and oxygen atoms in total. The zero-order valence-electron chi connectivity index (χ0n) is 13.7. The molecule has 1 aromatic rings. The molecule has 0 fully saturated rings. The molecule has 126 valence electrons. The topological polar surface area (TPSA) is 89.0 Å². The van der Waals surface area contributed by atoms with Crippen molar-refractivity contribution in [2.24, 2.45) is 5.10 Å². The van der Waals surface area contributed by atoms with Gasteiger partial charge in [-0.15, -0.1) is 0 Å². The molecule has 7 heteroatoms. The summed E-state index contributed by atoms with van der Waals surface area (Å²) in [5, 5.41) is 6.23. The van der Waals surface area contributed by atoms with Crippen LogP contribution in [0.25, 0.3) is 0 Å². The van der Waals surface area contributed by atoms with Crippen LogP contribution in [0.3, 0.4) is 0 Å². The second kappa shape index (κ2) is 10.3. The Balaban J connectivity index is 2.26. The van der Waals surface area contributed by atoms with Crippen LogP contribution in [0.1, 0.15) is 25.8 Å². The number of methoxy groups -OCH3 is 1. The maximum absolute atomic E-state index is 11.5. The zero-order valence-corrected chi connectivity index (χ0v) is 13.7. The first-order valence-electron chi connectivity index (χ1n) is 7.40. The van der Waals surface area contributed by atoms with Crippen LogP contribution >= 0.6 is 0 Å². The fourth-order valence-corrected chi connectivity index (χ4v) is 1.58. The van der Waals surface area contributed by atoms with Gasteiger partial charge in [-0.1, -0.05) is 0 Å². The third-order valence-electron chi connectivity index (χ3n) is 2.76. The van der Waals surface area contributed by atoms with Gasteiger partial charge in [0.05, 0.1) is 19.4 Å². The lowest BCUT2D eigenvalue weighted by Gasteiger charge is -2.07. The van der Waals surface area contributed by atoms with E-state index in [4.69, 9.17) is 9.47 Å². The van der Waals surface area contributed by atoms with Crippen molar-refractivity contribution in [1.29, 1.82) is 0 Å². The van der Waals surface area contributed by atoms with Crippen LogP contribution in [0.4, 0.5) is 0 Å². The van der Waals surface area contributed by atoms with E-state index in [0.717, 1.165) is 11.3 Å². The monoisotopic (exact) mass is 321 g/mol. The minimum absolute atomic E-state index is 0.154. The zero-order chi connectivity index (χ0) is 17.1. The van der Waals surface area contributed by atoms with Crippen molar-refractivity contribution in [3.8, 4) is 5.75 Å². The highest BCUT2D eigenvalue weighted by Gasteiger charge is 2.11. The lowest BCUT2D eigenvalue weighted by Crippen LogP contribution is -2.38. The lowest BCUT2D eigenvalue weighted by molar-refractivity contribution is -0.139. The van der Waals surface area contributed by atoms with Crippen LogP contribution in [-0.4, -0.2) is 44.4 Å². The molecule has 0 unspecified atom stereocenters. The second-order valence-corrected chi connectivity index (χ2v) is 5.00. The maximum Gasteiger partial charge on any atom is 0.329 e. The molecular weight excluding hydrogens is 298 g/mol. The van der Waals surface area contributed by atoms with Gasteiger partial charge in [-0.2, -0.15) is 5.10 Å². The van der Waals surface area contributed by atoms with E-state index in [1.54, 1.807) is 31.4 Å². The number of carbonyl (C=O) groups excluding carboxylic acids is 2. The molecule has 0 aliphatic heterocycles. The normalized spacial score (nSPS) is 10.8. The summed E-state index contributed by atoms with van der Waals surface area (Å²) < 4.78 is 10.4. The summed E-state index contributed by atoms with van der Waals surface area (Å²) in [5.74, 6) is -0.798. The molecule has 0 atom stereocenters. The number of hydrogen-bond acceptors (Lipinski definition) is 5. The number of hydrazone groups is 1. The van der Waals surface area contributed by atoms with Crippen LogP contribution in [0.15, 0.2) is 29.4 Å². The third kappa shape index (κ3) is 7.96. The largest absolute Gasteiger partial charge is 0.497 e. The molecular formula is C16H23N3O4. The van der Waals surface area contributed by atoms with Crippen molar-refractivity contribution in [3.63, 3.8) is 0 Å². The van der Waals surface area contributed by atoms with Crippen molar-refractivity contribution in [2.75, 3.05) is 20.3 Å². The van der Waals surface area contributed by atoms with Gasteiger partial charge in [0.25, 0.3) is 0 Å². The Morgan fingerprint density at radius 2 is 1.91 bits per heavy atom. The molecule has 0 aromatic heterocycles. The molecule has 0 spiro atoms. The van der Waals surface area contributed by atoms with Crippen LogP contribution in [0.5, 0.6) is 5.75 Å². The van der Waals surface area contributed by atoms with Crippen LogP contribution in [0.2, 0.25) is 0 Å². The van der Waals surface area contributed by atoms with Crippen LogP contribution in [0, 0.1) is 0 Å². The van der Waals surface area contributed by atoms with Gasteiger partial charge in [-0.3, -0.25) is 9.59 Å². The summed E-state index contributed by atoms with van der Waals surface area (Å²) in [5.41, 5.74) is 2.95. The molecule has 0 aliphatic carbocycles. The summed E-state index contributed by atoms with van der Waals surface area (Å²) in [6.07, 6.45) is 2.24. The number of rotatable bonds is 8. The molecule has 2 N–H and O–H groups in total. The maximum atomic E-state index is 11.5. The average molecular weight is 321 g/mol. The van der Waals surface area contributed by atoms with E-state index >= 15 is 0 Å². The summed E-state index contributed by atoms with van der Waals surface area (Å²) in [6.45, 7) is 4.79. The fourth-order valence-electron chi connectivity index (χ4n) is 1.58. The number of benzene rings is 1. The molecule has 0 aliphatic rings. The number of nitrogens with zero attached hydrogens (tertiary/aromatic N) is 1. The van der Waals surface area contributed by atoms with Gasteiger partial charge in [-0.25, -0.2) is 5.43 Å². The summed E-state index contributed by atoms with van der Waals surface area (Å²) in [7, 11) is 1.58. The Hall–Kier alpha value is -2.41. The van der Waals surface area contributed by atoms with Gasteiger partial charge in [0.2, 0.25) is 0 Å². The quantitative estimate of drug-likeness (QED) is 0.324. The van der Waals surface area contributed by atoms with Crippen molar-refractivity contribution in [2.45, 2.75) is 26.4 Å². The molecule has 0 heterocycles. The SMILES string of the molecule is COc1ccc(/C=N/NC(=O)C(=O)NCCCOC(C)C)cc1. The minimum Gasteiger partial charge on any atom is -0.497 e. The van der Waals surface area contributed by atoms with E-state index in [9.17, 15) is 9.59 Å². The first-order valence-corrected chi connectivity index (χ1v) is 7.40. The van der Waals surface area contributed by atoms with E-state index in [0.29, 0.717) is 19.6 Å². The Kier molecular flexibility index (Phi) is 8.38. The van der Waals surface area contributed by atoms with Crippen LogP contribution in [-0.2, 0) is 14.3 Å². The minimum atomic E-state index is -0.806. The Labute approximate surface area is 136 Å². The van der Waals surface area contributed by atoms with E-state index in [1.807, 2.05) is 13.8 Å². The molecule has 23 heavy (non-hydrogen) atoms. The molecule has 0 saturated heterocycles. The number of nitrogens with one attached hydrogen (secondary N) is 2. The van der Waals surface area contributed by atoms with Gasteiger partial charge in [0, 0.05) is 13.2 Å².